The Morgan fingerprint density at radius 1 is 1.25 bits per heavy atom. The number of rotatable bonds is 6. The summed E-state index contributed by atoms with van der Waals surface area (Å²) in [6.07, 6.45) is 0. The number of halogens is 2. The molecule has 0 aliphatic heterocycles. The van der Waals surface area contributed by atoms with Gasteiger partial charge in [-0.05, 0) is 42.5 Å². The molecule has 128 valence electrons. The van der Waals surface area contributed by atoms with Gasteiger partial charge in [0.15, 0.2) is 0 Å². The molecule has 0 spiro atoms. The fourth-order valence-electron chi connectivity index (χ4n) is 1.98. The van der Waals surface area contributed by atoms with Crippen LogP contribution in [0.1, 0.15) is 0 Å². The van der Waals surface area contributed by atoms with Gasteiger partial charge in [0.1, 0.15) is 18.1 Å². The molecule has 0 saturated carbocycles. The topological polar surface area (TPSA) is 83.9 Å². The molecule has 0 unspecified atom stereocenters. The van der Waals surface area contributed by atoms with Gasteiger partial charge in [0.05, 0.1) is 22.7 Å². The second-order valence-electron chi connectivity index (χ2n) is 4.68. The van der Waals surface area contributed by atoms with Crippen LogP contribution in [0.25, 0.3) is 0 Å². The first-order chi connectivity index (χ1) is 11.3. The minimum atomic E-state index is -4.22. The summed E-state index contributed by atoms with van der Waals surface area (Å²) in [4.78, 5) is 10.9. The van der Waals surface area contributed by atoms with E-state index in [1.165, 1.54) is 31.4 Å². The summed E-state index contributed by atoms with van der Waals surface area (Å²) in [5.74, 6) is -1.65. The predicted molar refractivity (Wildman–Crippen MR) is 86.6 cm³/mol. The summed E-state index contributed by atoms with van der Waals surface area (Å²) in [6, 6.07) is 8.22. The molecule has 24 heavy (non-hydrogen) atoms. The van der Waals surface area contributed by atoms with Crippen LogP contribution in [0.15, 0.2) is 47.4 Å². The number of carboxylic acids is 1. The van der Waals surface area contributed by atoms with Crippen LogP contribution in [0, 0.1) is 5.82 Å². The van der Waals surface area contributed by atoms with Gasteiger partial charge in [-0.3, -0.25) is 9.10 Å². The summed E-state index contributed by atoms with van der Waals surface area (Å²) in [5, 5.41) is 9.08. The molecule has 1 N–H and O–H groups in total. The SMILES string of the molecule is COc1ccc(S(=O)(=O)N(CC(=O)O)c2ccc(F)cc2)cc1Cl. The van der Waals surface area contributed by atoms with Crippen molar-refractivity contribution in [3.63, 3.8) is 0 Å². The molecule has 9 heteroatoms. The highest BCUT2D eigenvalue weighted by Crippen LogP contribution is 2.30. The van der Waals surface area contributed by atoms with E-state index in [9.17, 15) is 17.6 Å². The van der Waals surface area contributed by atoms with Gasteiger partial charge in [-0.2, -0.15) is 0 Å². The third kappa shape index (κ3) is 3.77. The van der Waals surface area contributed by atoms with Gasteiger partial charge >= 0.3 is 5.97 Å². The zero-order valence-corrected chi connectivity index (χ0v) is 14.0. The Balaban J connectivity index is 2.53. The Hall–Kier alpha value is -2.32. The number of nitrogens with zero attached hydrogens (tertiary/aromatic N) is 1. The van der Waals surface area contributed by atoms with Gasteiger partial charge in [0, 0.05) is 0 Å². The number of anilines is 1. The number of hydrogen-bond acceptors (Lipinski definition) is 4. The molecule has 0 heterocycles. The predicted octanol–water partition coefficient (Wildman–Crippen LogP) is 2.77. The van der Waals surface area contributed by atoms with E-state index in [-0.39, 0.29) is 21.4 Å². The van der Waals surface area contributed by atoms with Crippen molar-refractivity contribution in [2.75, 3.05) is 18.0 Å². The zero-order chi connectivity index (χ0) is 17.9. The highest BCUT2D eigenvalue weighted by molar-refractivity contribution is 7.92. The third-order valence-electron chi connectivity index (χ3n) is 3.10. The van der Waals surface area contributed by atoms with Crippen LogP contribution in [-0.4, -0.2) is 33.1 Å². The third-order valence-corrected chi connectivity index (χ3v) is 5.17. The summed E-state index contributed by atoms with van der Waals surface area (Å²) in [5.41, 5.74) is 0.0192. The molecule has 0 amide bonds. The minimum absolute atomic E-state index is 0.0192. The van der Waals surface area contributed by atoms with Crippen molar-refractivity contribution >= 4 is 33.3 Å². The van der Waals surface area contributed by atoms with Crippen LogP contribution in [-0.2, 0) is 14.8 Å². The lowest BCUT2D eigenvalue weighted by molar-refractivity contribution is -0.135. The summed E-state index contributed by atoms with van der Waals surface area (Å²) < 4.78 is 44.2. The van der Waals surface area contributed by atoms with Crippen molar-refractivity contribution in [1.82, 2.24) is 0 Å². The number of benzene rings is 2. The van der Waals surface area contributed by atoms with Crippen molar-refractivity contribution in [3.8, 4) is 5.75 Å². The summed E-state index contributed by atoms with van der Waals surface area (Å²) in [6.45, 7) is -0.822. The van der Waals surface area contributed by atoms with E-state index >= 15 is 0 Å². The Labute approximate surface area is 143 Å². The first-order valence-electron chi connectivity index (χ1n) is 6.59. The van der Waals surface area contributed by atoms with E-state index < -0.39 is 28.4 Å². The van der Waals surface area contributed by atoms with E-state index in [1.807, 2.05) is 0 Å². The molecule has 2 rings (SSSR count). The van der Waals surface area contributed by atoms with Gasteiger partial charge in [0.25, 0.3) is 10.0 Å². The lowest BCUT2D eigenvalue weighted by Crippen LogP contribution is -2.35. The van der Waals surface area contributed by atoms with Gasteiger partial charge in [-0.15, -0.1) is 0 Å². The van der Waals surface area contributed by atoms with Crippen LogP contribution in [0.5, 0.6) is 5.75 Å². The molecule has 0 atom stereocenters. The van der Waals surface area contributed by atoms with Gasteiger partial charge < -0.3 is 9.84 Å². The van der Waals surface area contributed by atoms with Crippen molar-refractivity contribution in [3.05, 3.63) is 53.3 Å². The standard InChI is InChI=1S/C15H13ClFNO5S/c1-23-14-7-6-12(8-13(14)16)24(21,22)18(9-15(19)20)11-4-2-10(17)3-5-11/h2-8H,9H2,1H3,(H,19,20). The number of aliphatic carboxylic acids is 1. The van der Waals surface area contributed by atoms with E-state index in [4.69, 9.17) is 21.4 Å². The maximum absolute atomic E-state index is 13.1. The van der Waals surface area contributed by atoms with Crippen molar-refractivity contribution < 1.29 is 27.4 Å². The number of ether oxygens (including phenoxy) is 1. The van der Waals surface area contributed by atoms with E-state index in [2.05, 4.69) is 0 Å². The van der Waals surface area contributed by atoms with Crippen LogP contribution < -0.4 is 9.04 Å². The smallest absolute Gasteiger partial charge is 0.324 e. The van der Waals surface area contributed by atoms with E-state index in [1.54, 1.807) is 0 Å². The molecular formula is C15H13ClFNO5S. The zero-order valence-electron chi connectivity index (χ0n) is 12.4. The summed E-state index contributed by atoms with van der Waals surface area (Å²) >= 11 is 5.94. The quantitative estimate of drug-likeness (QED) is 0.841. The highest BCUT2D eigenvalue weighted by atomic mass is 35.5. The average molecular weight is 374 g/mol. The second-order valence-corrected chi connectivity index (χ2v) is 6.95. The molecule has 0 bridgehead atoms. The second kappa shape index (κ2) is 7.06. The molecule has 0 fully saturated rings. The Morgan fingerprint density at radius 2 is 1.88 bits per heavy atom. The van der Waals surface area contributed by atoms with Crippen LogP contribution >= 0.6 is 11.6 Å². The number of sulfonamides is 1. The van der Waals surface area contributed by atoms with Crippen molar-refractivity contribution in [2.24, 2.45) is 0 Å². The van der Waals surface area contributed by atoms with Crippen LogP contribution in [0.4, 0.5) is 10.1 Å². The summed E-state index contributed by atoms with van der Waals surface area (Å²) in [7, 11) is -2.84. The molecule has 2 aromatic carbocycles. The average Bonchev–Trinajstić information content (AvgIpc) is 2.53. The molecule has 6 nitrogen and oxygen atoms in total. The Morgan fingerprint density at radius 3 is 2.38 bits per heavy atom. The molecule has 0 aliphatic carbocycles. The minimum Gasteiger partial charge on any atom is -0.495 e. The molecule has 2 aromatic rings. The number of carbonyl (C=O) groups is 1. The largest absolute Gasteiger partial charge is 0.495 e. The molecular weight excluding hydrogens is 361 g/mol. The lowest BCUT2D eigenvalue weighted by Gasteiger charge is -2.23. The highest BCUT2D eigenvalue weighted by Gasteiger charge is 2.27. The van der Waals surface area contributed by atoms with Gasteiger partial charge in [0.2, 0.25) is 0 Å². The Kier molecular flexibility index (Phi) is 5.30. The van der Waals surface area contributed by atoms with Gasteiger partial charge in [-0.25, -0.2) is 12.8 Å². The maximum Gasteiger partial charge on any atom is 0.324 e. The number of carboxylic acid groups (broad SMARTS) is 1. The first kappa shape index (κ1) is 18.0. The van der Waals surface area contributed by atoms with Crippen LogP contribution in [0.3, 0.4) is 0 Å². The van der Waals surface area contributed by atoms with E-state index in [0.717, 1.165) is 18.2 Å². The fourth-order valence-corrected chi connectivity index (χ4v) is 3.74. The van der Waals surface area contributed by atoms with Crippen LogP contribution in [0.2, 0.25) is 5.02 Å². The molecule has 0 aliphatic rings. The van der Waals surface area contributed by atoms with Crippen molar-refractivity contribution in [2.45, 2.75) is 4.90 Å². The molecule has 0 saturated heterocycles. The number of hydrogen-bond donors (Lipinski definition) is 1. The molecule has 0 radical (unpaired) electrons. The Bertz CT molecular complexity index is 855. The monoisotopic (exact) mass is 373 g/mol. The molecule has 0 aromatic heterocycles. The van der Waals surface area contributed by atoms with Gasteiger partial charge in [-0.1, -0.05) is 11.6 Å². The van der Waals surface area contributed by atoms with Crippen molar-refractivity contribution in [1.29, 1.82) is 0 Å². The number of methoxy groups -OCH3 is 1. The van der Waals surface area contributed by atoms with E-state index in [0.29, 0.717) is 4.31 Å². The maximum atomic E-state index is 13.1. The fraction of sp³-hybridized carbons (Fsp3) is 0.133. The normalized spacial score (nSPS) is 11.1. The lowest BCUT2D eigenvalue weighted by atomic mass is 10.3. The first-order valence-corrected chi connectivity index (χ1v) is 8.41.